The molecule has 150 valence electrons. The van der Waals surface area contributed by atoms with Crippen LogP contribution in [0.1, 0.15) is 26.7 Å². The standard InChI is InChI=1S/C20H24ClN3O4/c1-20(2,28-15-8-6-14(21)7-9-15)19(25)24-12-4-5-16(13-24)27-18-11-10-17(26-3)22-23-18/h6-11,16H,4-5,12-13H2,1-3H3. The van der Waals surface area contributed by atoms with E-state index < -0.39 is 5.60 Å². The van der Waals surface area contributed by atoms with Crippen LogP contribution in [0.15, 0.2) is 36.4 Å². The number of methoxy groups -OCH3 is 1. The van der Waals surface area contributed by atoms with Gasteiger partial charge in [0.15, 0.2) is 5.60 Å². The predicted molar refractivity (Wildman–Crippen MR) is 105 cm³/mol. The summed E-state index contributed by atoms with van der Waals surface area (Å²) in [5.41, 5.74) is -1.00. The predicted octanol–water partition coefficient (Wildman–Crippen LogP) is 3.37. The van der Waals surface area contributed by atoms with E-state index in [4.69, 9.17) is 25.8 Å². The maximum Gasteiger partial charge on any atom is 0.266 e. The molecule has 0 bridgehead atoms. The second kappa shape index (κ2) is 8.65. The smallest absolute Gasteiger partial charge is 0.266 e. The van der Waals surface area contributed by atoms with Gasteiger partial charge in [-0.2, -0.15) is 0 Å². The van der Waals surface area contributed by atoms with Gasteiger partial charge in [0.1, 0.15) is 11.9 Å². The van der Waals surface area contributed by atoms with Crippen molar-refractivity contribution in [2.24, 2.45) is 0 Å². The number of benzene rings is 1. The molecule has 3 rings (SSSR count). The molecule has 1 atom stereocenters. The molecule has 1 amide bonds. The highest BCUT2D eigenvalue weighted by Crippen LogP contribution is 2.25. The fourth-order valence-corrected chi connectivity index (χ4v) is 3.22. The highest BCUT2D eigenvalue weighted by atomic mass is 35.5. The number of amides is 1. The highest BCUT2D eigenvalue weighted by Gasteiger charge is 2.37. The topological polar surface area (TPSA) is 73.8 Å². The van der Waals surface area contributed by atoms with Gasteiger partial charge in [-0.05, 0) is 51.0 Å². The molecular formula is C20H24ClN3O4. The van der Waals surface area contributed by atoms with Crippen LogP contribution in [0.3, 0.4) is 0 Å². The van der Waals surface area contributed by atoms with Crippen LogP contribution < -0.4 is 14.2 Å². The van der Waals surface area contributed by atoms with Gasteiger partial charge in [-0.25, -0.2) is 0 Å². The molecule has 1 fully saturated rings. The normalized spacial score (nSPS) is 17.1. The number of rotatable bonds is 6. The lowest BCUT2D eigenvalue weighted by Gasteiger charge is -2.37. The van der Waals surface area contributed by atoms with E-state index in [9.17, 15) is 4.79 Å². The summed E-state index contributed by atoms with van der Waals surface area (Å²) in [6.45, 7) is 4.67. The van der Waals surface area contributed by atoms with Crippen LogP contribution in [0, 0.1) is 0 Å². The Kier molecular flexibility index (Phi) is 6.24. The zero-order valence-corrected chi connectivity index (χ0v) is 17.0. The van der Waals surface area contributed by atoms with Crippen molar-refractivity contribution in [3.8, 4) is 17.5 Å². The van der Waals surface area contributed by atoms with Crippen LogP contribution in [0.25, 0.3) is 0 Å². The quantitative estimate of drug-likeness (QED) is 0.733. The van der Waals surface area contributed by atoms with Gasteiger partial charge < -0.3 is 19.1 Å². The van der Waals surface area contributed by atoms with E-state index in [1.54, 1.807) is 55.1 Å². The van der Waals surface area contributed by atoms with Crippen molar-refractivity contribution < 1.29 is 19.0 Å². The average molecular weight is 406 g/mol. The van der Waals surface area contributed by atoms with E-state index in [2.05, 4.69) is 10.2 Å². The average Bonchev–Trinajstić information content (AvgIpc) is 2.70. The highest BCUT2D eigenvalue weighted by molar-refractivity contribution is 6.30. The minimum atomic E-state index is -1.00. The van der Waals surface area contributed by atoms with Crippen LogP contribution in [0.2, 0.25) is 5.02 Å². The Morgan fingerprint density at radius 2 is 1.82 bits per heavy atom. The Balaban J connectivity index is 1.61. The van der Waals surface area contributed by atoms with Gasteiger partial charge in [0.25, 0.3) is 5.91 Å². The molecule has 28 heavy (non-hydrogen) atoms. The summed E-state index contributed by atoms with van der Waals surface area (Å²) < 4.78 is 16.8. The number of likely N-dealkylation sites (tertiary alicyclic amines) is 1. The Morgan fingerprint density at radius 1 is 1.14 bits per heavy atom. The van der Waals surface area contributed by atoms with Gasteiger partial charge in [0.2, 0.25) is 11.8 Å². The lowest BCUT2D eigenvalue weighted by atomic mass is 10.0. The maximum absolute atomic E-state index is 13.0. The van der Waals surface area contributed by atoms with Crippen LogP contribution in [-0.4, -0.2) is 52.9 Å². The van der Waals surface area contributed by atoms with E-state index in [1.807, 2.05) is 0 Å². The first-order chi connectivity index (χ1) is 13.4. The SMILES string of the molecule is COc1ccc(OC2CCCN(C(=O)C(C)(C)Oc3ccc(Cl)cc3)C2)nn1. The number of nitrogens with zero attached hydrogens (tertiary/aromatic N) is 3. The van der Waals surface area contributed by atoms with Gasteiger partial charge in [-0.15, -0.1) is 10.2 Å². The molecular weight excluding hydrogens is 382 g/mol. The van der Waals surface area contributed by atoms with Crippen LogP contribution in [-0.2, 0) is 4.79 Å². The fraction of sp³-hybridized carbons (Fsp3) is 0.450. The third kappa shape index (κ3) is 5.04. The third-order valence-corrected chi connectivity index (χ3v) is 4.73. The van der Waals surface area contributed by atoms with Crippen molar-refractivity contribution in [2.75, 3.05) is 20.2 Å². The second-order valence-corrected chi connectivity index (χ2v) is 7.55. The molecule has 0 aliphatic carbocycles. The first-order valence-corrected chi connectivity index (χ1v) is 9.53. The first-order valence-electron chi connectivity index (χ1n) is 9.16. The lowest BCUT2D eigenvalue weighted by molar-refractivity contribution is -0.148. The van der Waals surface area contributed by atoms with Gasteiger partial charge in [-0.1, -0.05) is 11.6 Å². The molecule has 1 aliphatic heterocycles. The van der Waals surface area contributed by atoms with Gasteiger partial charge in [0.05, 0.1) is 13.7 Å². The summed E-state index contributed by atoms with van der Waals surface area (Å²) in [6, 6.07) is 10.4. The van der Waals surface area contributed by atoms with Crippen LogP contribution >= 0.6 is 11.6 Å². The minimum absolute atomic E-state index is 0.0865. The molecule has 0 saturated carbocycles. The first kappa shape index (κ1) is 20.2. The largest absolute Gasteiger partial charge is 0.480 e. The van der Waals surface area contributed by atoms with Crippen molar-refractivity contribution in [3.63, 3.8) is 0 Å². The minimum Gasteiger partial charge on any atom is -0.480 e. The molecule has 1 saturated heterocycles. The number of aromatic nitrogens is 2. The molecule has 2 aromatic rings. The van der Waals surface area contributed by atoms with Crippen molar-refractivity contribution >= 4 is 17.5 Å². The zero-order chi connectivity index (χ0) is 20.1. The van der Waals surface area contributed by atoms with Gasteiger partial charge >= 0.3 is 0 Å². The summed E-state index contributed by atoms with van der Waals surface area (Å²) in [6.07, 6.45) is 1.54. The molecule has 8 heteroatoms. The summed E-state index contributed by atoms with van der Waals surface area (Å²) in [5.74, 6) is 1.35. The lowest BCUT2D eigenvalue weighted by Crippen LogP contribution is -2.53. The number of hydrogen-bond acceptors (Lipinski definition) is 6. The molecule has 1 aromatic carbocycles. The number of carbonyl (C=O) groups is 1. The van der Waals surface area contributed by atoms with E-state index in [-0.39, 0.29) is 12.0 Å². The maximum atomic E-state index is 13.0. The van der Waals surface area contributed by atoms with Crippen molar-refractivity contribution in [2.45, 2.75) is 38.4 Å². The molecule has 1 unspecified atom stereocenters. The number of hydrogen-bond donors (Lipinski definition) is 0. The van der Waals surface area contributed by atoms with Crippen molar-refractivity contribution in [1.82, 2.24) is 15.1 Å². The van der Waals surface area contributed by atoms with Gasteiger partial charge in [-0.3, -0.25) is 4.79 Å². The number of ether oxygens (including phenoxy) is 3. The molecule has 0 spiro atoms. The van der Waals surface area contributed by atoms with E-state index >= 15 is 0 Å². The van der Waals surface area contributed by atoms with Crippen molar-refractivity contribution in [1.29, 1.82) is 0 Å². The summed E-state index contributed by atoms with van der Waals surface area (Å²) >= 11 is 5.91. The summed E-state index contributed by atoms with van der Waals surface area (Å²) in [5, 5.41) is 8.51. The monoisotopic (exact) mass is 405 g/mol. The number of carbonyl (C=O) groups excluding carboxylic acids is 1. The number of halogens is 1. The molecule has 1 aliphatic rings. The zero-order valence-electron chi connectivity index (χ0n) is 16.2. The summed E-state index contributed by atoms with van der Waals surface area (Å²) in [4.78, 5) is 14.8. The van der Waals surface area contributed by atoms with Crippen LogP contribution in [0.5, 0.6) is 17.5 Å². The second-order valence-electron chi connectivity index (χ2n) is 7.11. The summed E-state index contributed by atoms with van der Waals surface area (Å²) in [7, 11) is 1.53. The molecule has 7 nitrogen and oxygen atoms in total. The molecule has 1 aromatic heterocycles. The Morgan fingerprint density at radius 3 is 2.46 bits per heavy atom. The van der Waals surface area contributed by atoms with E-state index in [1.165, 1.54) is 7.11 Å². The van der Waals surface area contributed by atoms with Gasteiger partial charge in [0, 0.05) is 23.7 Å². The fourth-order valence-electron chi connectivity index (χ4n) is 3.09. The molecule has 0 N–H and O–H groups in total. The third-order valence-electron chi connectivity index (χ3n) is 4.48. The molecule has 0 radical (unpaired) electrons. The Bertz CT molecular complexity index is 796. The van der Waals surface area contributed by atoms with E-state index in [0.29, 0.717) is 35.6 Å². The molecule has 2 heterocycles. The number of piperidine rings is 1. The van der Waals surface area contributed by atoms with Crippen molar-refractivity contribution in [3.05, 3.63) is 41.4 Å². The van der Waals surface area contributed by atoms with E-state index in [0.717, 1.165) is 12.8 Å². The Labute approximate surface area is 169 Å². The van der Waals surface area contributed by atoms with Crippen LogP contribution in [0.4, 0.5) is 0 Å². The Hall–Kier alpha value is -2.54.